The molecule has 7 heteroatoms. The number of aromatic nitrogens is 1. The lowest BCUT2D eigenvalue weighted by Gasteiger charge is -2.04. The van der Waals surface area contributed by atoms with E-state index in [1.165, 1.54) is 12.1 Å². The standard InChI is InChI=1S/C16H13N3O4/c1-10-6-7-15-11(8-10)13(18-23-15)9-16(20)17-12-4-2-3-5-14(12)19(21)22/h2-8H,9H2,1H3,(H,17,20). The van der Waals surface area contributed by atoms with Crippen LogP contribution in [-0.4, -0.2) is 16.0 Å². The van der Waals surface area contributed by atoms with Crippen molar-refractivity contribution in [1.29, 1.82) is 0 Å². The van der Waals surface area contributed by atoms with Crippen molar-refractivity contribution in [2.75, 3.05) is 5.32 Å². The van der Waals surface area contributed by atoms with E-state index in [-0.39, 0.29) is 17.8 Å². The van der Waals surface area contributed by atoms with Crippen LogP contribution < -0.4 is 5.32 Å². The second-order valence-corrected chi connectivity index (χ2v) is 5.13. The number of nitrogens with one attached hydrogen (secondary N) is 1. The van der Waals surface area contributed by atoms with Gasteiger partial charge in [0.15, 0.2) is 5.58 Å². The molecule has 0 saturated carbocycles. The van der Waals surface area contributed by atoms with Crippen molar-refractivity contribution in [2.24, 2.45) is 0 Å². The molecule has 0 spiro atoms. The zero-order chi connectivity index (χ0) is 16.4. The fraction of sp³-hybridized carbons (Fsp3) is 0.125. The normalized spacial score (nSPS) is 10.7. The van der Waals surface area contributed by atoms with E-state index in [1.54, 1.807) is 18.2 Å². The van der Waals surface area contributed by atoms with Gasteiger partial charge in [0.05, 0.1) is 11.3 Å². The topological polar surface area (TPSA) is 98.3 Å². The number of rotatable bonds is 4. The summed E-state index contributed by atoms with van der Waals surface area (Å²) in [5.74, 6) is -0.393. The molecule has 3 aromatic rings. The van der Waals surface area contributed by atoms with Crippen LogP contribution in [0.2, 0.25) is 0 Å². The molecule has 1 amide bonds. The summed E-state index contributed by atoms with van der Waals surface area (Å²) in [6.07, 6.45) is -0.0253. The minimum Gasteiger partial charge on any atom is -0.356 e. The van der Waals surface area contributed by atoms with E-state index < -0.39 is 10.8 Å². The Morgan fingerprint density at radius 2 is 2.09 bits per heavy atom. The smallest absolute Gasteiger partial charge is 0.292 e. The van der Waals surface area contributed by atoms with Gasteiger partial charge in [0.1, 0.15) is 11.4 Å². The van der Waals surface area contributed by atoms with Crippen molar-refractivity contribution in [2.45, 2.75) is 13.3 Å². The number of nitrogens with zero attached hydrogens (tertiary/aromatic N) is 2. The van der Waals surface area contributed by atoms with Crippen LogP contribution in [0.15, 0.2) is 47.0 Å². The first-order chi connectivity index (χ1) is 11.0. The van der Waals surface area contributed by atoms with Gasteiger partial charge in [-0.05, 0) is 25.1 Å². The Bertz CT molecular complexity index is 901. The molecule has 116 valence electrons. The minimum atomic E-state index is -0.537. The number of amides is 1. The highest BCUT2D eigenvalue weighted by atomic mass is 16.6. The molecular formula is C16H13N3O4. The van der Waals surface area contributed by atoms with Crippen LogP contribution in [0.3, 0.4) is 0 Å². The molecule has 0 bridgehead atoms. The number of aryl methyl sites for hydroxylation is 1. The first-order valence-electron chi connectivity index (χ1n) is 6.93. The Hall–Kier alpha value is -3.22. The quantitative estimate of drug-likeness (QED) is 0.589. The number of hydrogen-bond acceptors (Lipinski definition) is 5. The van der Waals surface area contributed by atoms with E-state index >= 15 is 0 Å². The third-order valence-corrected chi connectivity index (χ3v) is 3.40. The zero-order valence-electron chi connectivity index (χ0n) is 12.3. The van der Waals surface area contributed by atoms with Crippen LogP contribution in [0.1, 0.15) is 11.3 Å². The molecule has 0 fully saturated rings. The summed E-state index contributed by atoms with van der Waals surface area (Å²) < 4.78 is 5.18. The first kappa shape index (κ1) is 14.7. The van der Waals surface area contributed by atoms with E-state index in [2.05, 4.69) is 10.5 Å². The summed E-state index contributed by atoms with van der Waals surface area (Å²) >= 11 is 0. The molecular weight excluding hydrogens is 298 g/mol. The number of anilines is 1. The summed E-state index contributed by atoms with van der Waals surface area (Å²) in [5.41, 5.74) is 2.14. The maximum absolute atomic E-state index is 12.2. The zero-order valence-corrected chi connectivity index (χ0v) is 12.3. The largest absolute Gasteiger partial charge is 0.356 e. The number of nitro benzene ring substituents is 1. The molecule has 0 aliphatic rings. The second-order valence-electron chi connectivity index (χ2n) is 5.13. The maximum atomic E-state index is 12.2. The first-order valence-corrected chi connectivity index (χ1v) is 6.93. The predicted octanol–water partition coefficient (Wildman–Crippen LogP) is 3.23. The van der Waals surface area contributed by atoms with Crippen molar-refractivity contribution >= 4 is 28.3 Å². The van der Waals surface area contributed by atoms with E-state index in [4.69, 9.17) is 4.52 Å². The highest BCUT2D eigenvalue weighted by Gasteiger charge is 2.17. The van der Waals surface area contributed by atoms with Gasteiger partial charge in [-0.25, -0.2) is 0 Å². The van der Waals surface area contributed by atoms with Crippen molar-refractivity contribution < 1.29 is 14.2 Å². The molecule has 0 saturated heterocycles. The Balaban J connectivity index is 1.82. The average molecular weight is 311 g/mol. The number of fused-ring (bicyclic) bond motifs is 1. The van der Waals surface area contributed by atoms with E-state index in [9.17, 15) is 14.9 Å². The summed E-state index contributed by atoms with van der Waals surface area (Å²) in [4.78, 5) is 22.6. The summed E-state index contributed by atoms with van der Waals surface area (Å²) in [6.45, 7) is 1.93. The Labute approximate surface area is 131 Å². The van der Waals surface area contributed by atoms with Gasteiger partial charge in [-0.2, -0.15) is 0 Å². The lowest BCUT2D eigenvalue weighted by Crippen LogP contribution is -2.15. The third-order valence-electron chi connectivity index (χ3n) is 3.40. The van der Waals surface area contributed by atoms with Gasteiger partial charge in [0.25, 0.3) is 5.69 Å². The Kier molecular flexibility index (Phi) is 3.76. The molecule has 0 aliphatic heterocycles. The molecule has 23 heavy (non-hydrogen) atoms. The molecule has 1 heterocycles. The number of benzene rings is 2. The van der Waals surface area contributed by atoms with Crippen LogP contribution in [0.4, 0.5) is 11.4 Å². The number of para-hydroxylation sites is 2. The fourth-order valence-corrected chi connectivity index (χ4v) is 2.31. The average Bonchev–Trinajstić information content (AvgIpc) is 2.90. The second kappa shape index (κ2) is 5.88. The highest BCUT2D eigenvalue weighted by Crippen LogP contribution is 2.24. The van der Waals surface area contributed by atoms with Crippen LogP contribution in [0.25, 0.3) is 11.0 Å². The lowest BCUT2D eigenvalue weighted by atomic mass is 10.1. The van der Waals surface area contributed by atoms with Gasteiger partial charge in [0.2, 0.25) is 5.91 Å². The molecule has 1 N–H and O–H groups in total. The number of carbonyl (C=O) groups excluding carboxylic acids is 1. The highest BCUT2D eigenvalue weighted by molar-refractivity contribution is 5.96. The Morgan fingerprint density at radius 1 is 1.30 bits per heavy atom. The van der Waals surface area contributed by atoms with E-state index in [0.29, 0.717) is 11.3 Å². The van der Waals surface area contributed by atoms with Crippen LogP contribution in [-0.2, 0) is 11.2 Å². The molecule has 1 aromatic heterocycles. The van der Waals surface area contributed by atoms with Crippen LogP contribution in [0, 0.1) is 17.0 Å². The molecule has 7 nitrogen and oxygen atoms in total. The predicted molar refractivity (Wildman–Crippen MR) is 84.2 cm³/mol. The number of nitro groups is 1. The SMILES string of the molecule is Cc1ccc2onc(CC(=O)Nc3ccccc3[N+](=O)[O-])c2c1. The maximum Gasteiger partial charge on any atom is 0.292 e. The van der Waals surface area contributed by atoms with Crippen molar-refractivity contribution in [3.05, 3.63) is 63.8 Å². The molecule has 3 rings (SSSR count). The summed E-state index contributed by atoms with van der Waals surface area (Å²) in [7, 11) is 0. The minimum absolute atomic E-state index is 0.0253. The van der Waals surface area contributed by atoms with Gasteiger partial charge in [-0.15, -0.1) is 0 Å². The van der Waals surface area contributed by atoms with Gasteiger partial charge in [-0.1, -0.05) is 28.9 Å². The van der Waals surface area contributed by atoms with E-state index in [0.717, 1.165) is 10.9 Å². The Morgan fingerprint density at radius 3 is 2.87 bits per heavy atom. The molecule has 0 radical (unpaired) electrons. The van der Waals surface area contributed by atoms with E-state index in [1.807, 2.05) is 19.1 Å². The van der Waals surface area contributed by atoms with Crippen molar-refractivity contribution in [3.8, 4) is 0 Å². The van der Waals surface area contributed by atoms with Gasteiger partial charge in [0, 0.05) is 11.5 Å². The fourth-order valence-electron chi connectivity index (χ4n) is 2.31. The van der Waals surface area contributed by atoms with Gasteiger partial charge in [-0.3, -0.25) is 14.9 Å². The van der Waals surface area contributed by atoms with Crippen molar-refractivity contribution in [3.63, 3.8) is 0 Å². The van der Waals surface area contributed by atoms with Crippen molar-refractivity contribution in [1.82, 2.24) is 5.16 Å². The molecule has 2 aromatic carbocycles. The summed E-state index contributed by atoms with van der Waals surface area (Å²) in [5, 5.41) is 18.2. The summed E-state index contributed by atoms with van der Waals surface area (Å²) in [6, 6.07) is 11.6. The van der Waals surface area contributed by atoms with Crippen LogP contribution in [0.5, 0.6) is 0 Å². The number of carbonyl (C=O) groups is 1. The molecule has 0 unspecified atom stereocenters. The monoisotopic (exact) mass is 311 g/mol. The molecule has 0 atom stereocenters. The van der Waals surface area contributed by atoms with Crippen LogP contribution >= 0.6 is 0 Å². The number of hydrogen-bond donors (Lipinski definition) is 1. The molecule has 0 aliphatic carbocycles. The van der Waals surface area contributed by atoms with Gasteiger partial charge < -0.3 is 9.84 Å². The van der Waals surface area contributed by atoms with Gasteiger partial charge >= 0.3 is 0 Å². The third kappa shape index (κ3) is 3.03. The lowest BCUT2D eigenvalue weighted by molar-refractivity contribution is -0.383.